The van der Waals surface area contributed by atoms with Crippen molar-refractivity contribution in [2.45, 2.75) is 117 Å². The van der Waals surface area contributed by atoms with Crippen LogP contribution in [-0.2, 0) is 0 Å². The fourth-order valence-electron chi connectivity index (χ4n) is 4.83. The van der Waals surface area contributed by atoms with Gasteiger partial charge in [0, 0.05) is 11.8 Å². The molecule has 0 spiro atoms. The first-order valence-electron chi connectivity index (χ1n) is 16.7. The molecule has 0 saturated carbocycles. The molecule has 0 aliphatic carbocycles. The normalized spacial score (nSPS) is 10.5. The van der Waals surface area contributed by atoms with E-state index in [1.165, 1.54) is 89.9 Å². The van der Waals surface area contributed by atoms with Crippen LogP contribution in [0.2, 0.25) is 0 Å². The number of rotatable bonds is 20. The van der Waals surface area contributed by atoms with Crippen molar-refractivity contribution in [1.82, 2.24) is 15.0 Å². The third-order valence-electron chi connectivity index (χ3n) is 7.40. The largest absolute Gasteiger partial charge is 0.490 e. The van der Waals surface area contributed by atoms with Gasteiger partial charge < -0.3 is 14.5 Å². The number of hydrogen-bond donors (Lipinski definition) is 1. The number of H-pyrrole nitrogens is 1. The second-order valence-corrected chi connectivity index (χ2v) is 11.1. The minimum atomic E-state index is 0.611. The first kappa shape index (κ1) is 33.8. The molecular formula is C38H51N3O2. The van der Waals surface area contributed by atoms with E-state index in [1.807, 2.05) is 36.4 Å². The van der Waals surface area contributed by atoms with Crippen molar-refractivity contribution in [3.05, 3.63) is 71.6 Å². The Labute approximate surface area is 260 Å². The molecule has 0 aliphatic heterocycles. The van der Waals surface area contributed by atoms with Gasteiger partial charge in [-0.3, -0.25) is 0 Å². The standard InChI is InChI=1S/C38H51N3O2/c1-3-5-7-9-11-13-15-19-29-42-37-27-23-33(31-38(37)43-30-20-16-14-12-10-8-6-4-2)22-25-35-36(41-32-40-35)26-24-34-21-17-18-28-39-34/h17-18,21,23,27-28,31-32H,3-16,19-20,29-30H2,1-2H3,(H,40,41). The summed E-state index contributed by atoms with van der Waals surface area (Å²) >= 11 is 0. The maximum absolute atomic E-state index is 6.26. The number of aromatic nitrogens is 3. The Morgan fingerprint density at radius 3 is 1.86 bits per heavy atom. The van der Waals surface area contributed by atoms with Crippen LogP contribution in [0.4, 0.5) is 0 Å². The van der Waals surface area contributed by atoms with Gasteiger partial charge in [-0.25, -0.2) is 9.97 Å². The molecule has 1 aromatic carbocycles. The highest BCUT2D eigenvalue weighted by Crippen LogP contribution is 2.29. The number of aromatic amines is 1. The molecule has 230 valence electrons. The molecule has 0 saturated heterocycles. The van der Waals surface area contributed by atoms with Crippen LogP contribution in [0.15, 0.2) is 48.9 Å². The number of nitrogens with zero attached hydrogens (tertiary/aromatic N) is 2. The Kier molecular flexibility index (Phi) is 17.2. The minimum Gasteiger partial charge on any atom is -0.490 e. The molecule has 0 atom stereocenters. The maximum Gasteiger partial charge on any atom is 0.162 e. The summed E-state index contributed by atoms with van der Waals surface area (Å²) in [5.41, 5.74) is 2.85. The van der Waals surface area contributed by atoms with Gasteiger partial charge in [-0.15, -0.1) is 0 Å². The van der Waals surface area contributed by atoms with Crippen LogP contribution < -0.4 is 9.47 Å². The lowest BCUT2D eigenvalue weighted by atomic mass is 10.1. The number of imidazole rings is 1. The molecule has 0 fully saturated rings. The summed E-state index contributed by atoms with van der Waals surface area (Å²) in [4.78, 5) is 11.7. The van der Waals surface area contributed by atoms with E-state index >= 15 is 0 Å². The average molecular weight is 582 g/mol. The van der Waals surface area contributed by atoms with Crippen molar-refractivity contribution in [2.24, 2.45) is 0 Å². The molecule has 0 amide bonds. The van der Waals surface area contributed by atoms with E-state index in [0.717, 1.165) is 29.9 Å². The van der Waals surface area contributed by atoms with E-state index in [-0.39, 0.29) is 0 Å². The predicted molar refractivity (Wildman–Crippen MR) is 177 cm³/mol. The van der Waals surface area contributed by atoms with Crippen LogP contribution in [-0.4, -0.2) is 28.2 Å². The third kappa shape index (κ3) is 14.4. The van der Waals surface area contributed by atoms with Crippen LogP contribution in [0.3, 0.4) is 0 Å². The number of hydrogen-bond acceptors (Lipinski definition) is 4. The lowest BCUT2D eigenvalue weighted by molar-refractivity contribution is 0.258. The van der Waals surface area contributed by atoms with Gasteiger partial charge in [-0.2, -0.15) is 0 Å². The van der Waals surface area contributed by atoms with Gasteiger partial charge in [0.25, 0.3) is 0 Å². The van der Waals surface area contributed by atoms with E-state index in [0.29, 0.717) is 30.3 Å². The van der Waals surface area contributed by atoms with Crippen LogP contribution in [0.25, 0.3) is 0 Å². The fraction of sp³-hybridized carbons (Fsp3) is 0.526. The highest BCUT2D eigenvalue weighted by Gasteiger charge is 2.08. The first-order chi connectivity index (χ1) is 21.3. The molecule has 5 nitrogen and oxygen atoms in total. The van der Waals surface area contributed by atoms with Crippen LogP contribution in [0.1, 0.15) is 139 Å². The second kappa shape index (κ2) is 21.9. The van der Waals surface area contributed by atoms with E-state index in [9.17, 15) is 0 Å². The summed E-state index contributed by atoms with van der Waals surface area (Å²) in [7, 11) is 0. The molecular weight excluding hydrogens is 530 g/mol. The molecule has 3 aromatic rings. The molecule has 0 aliphatic rings. The predicted octanol–water partition coefficient (Wildman–Crippen LogP) is 9.64. The highest BCUT2D eigenvalue weighted by molar-refractivity contribution is 5.52. The summed E-state index contributed by atoms with van der Waals surface area (Å²) in [5, 5.41) is 0. The lowest BCUT2D eigenvalue weighted by Gasteiger charge is -2.13. The second-order valence-electron chi connectivity index (χ2n) is 11.1. The van der Waals surface area contributed by atoms with Gasteiger partial charge in [0.15, 0.2) is 11.5 Å². The molecule has 0 unspecified atom stereocenters. The number of unbranched alkanes of at least 4 members (excludes halogenated alkanes) is 14. The summed E-state index contributed by atoms with van der Waals surface area (Å²) in [6.45, 7) is 5.92. The van der Waals surface area contributed by atoms with Gasteiger partial charge in [-0.05, 0) is 60.9 Å². The summed E-state index contributed by atoms with van der Waals surface area (Å²) in [6, 6.07) is 11.6. The SMILES string of the molecule is CCCCCCCCCCOc1ccc(C#Cc2nc[nH]c2C#Cc2ccccn2)cc1OCCCCCCCCCC. The molecule has 0 radical (unpaired) electrons. The van der Waals surface area contributed by atoms with Gasteiger partial charge >= 0.3 is 0 Å². The quantitative estimate of drug-likeness (QED) is 0.107. The summed E-state index contributed by atoms with van der Waals surface area (Å²) in [6.07, 6.45) is 23.8. The van der Waals surface area contributed by atoms with E-state index in [1.54, 1.807) is 12.5 Å². The zero-order chi connectivity index (χ0) is 30.2. The smallest absolute Gasteiger partial charge is 0.162 e. The van der Waals surface area contributed by atoms with Crippen molar-refractivity contribution in [1.29, 1.82) is 0 Å². The summed E-state index contributed by atoms with van der Waals surface area (Å²) in [5.74, 6) is 14.1. The van der Waals surface area contributed by atoms with Crippen molar-refractivity contribution >= 4 is 0 Å². The Balaban J connectivity index is 1.57. The highest BCUT2D eigenvalue weighted by atomic mass is 16.5. The molecule has 43 heavy (non-hydrogen) atoms. The molecule has 0 bridgehead atoms. The van der Waals surface area contributed by atoms with Gasteiger partial charge in [-0.1, -0.05) is 116 Å². The minimum absolute atomic E-state index is 0.611. The molecule has 3 rings (SSSR count). The first-order valence-corrected chi connectivity index (χ1v) is 16.7. The van der Waals surface area contributed by atoms with E-state index in [4.69, 9.17) is 9.47 Å². The van der Waals surface area contributed by atoms with Crippen molar-refractivity contribution in [2.75, 3.05) is 13.2 Å². The topological polar surface area (TPSA) is 60.0 Å². The van der Waals surface area contributed by atoms with E-state index < -0.39 is 0 Å². The monoisotopic (exact) mass is 581 g/mol. The van der Waals surface area contributed by atoms with Crippen molar-refractivity contribution < 1.29 is 9.47 Å². The number of ether oxygens (including phenoxy) is 2. The number of nitrogens with one attached hydrogen (secondary N) is 1. The molecule has 2 aromatic heterocycles. The van der Waals surface area contributed by atoms with Crippen LogP contribution in [0, 0.1) is 23.7 Å². The Morgan fingerprint density at radius 2 is 1.23 bits per heavy atom. The molecule has 2 heterocycles. The van der Waals surface area contributed by atoms with Gasteiger partial charge in [0.2, 0.25) is 0 Å². The average Bonchev–Trinajstić information content (AvgIpc) is 3.49. The Morgan fingerprint density at radius 1 is 0.605 bits per heavy atom. The Hall–Kier alpha value is -3.70. The van der Waals surface area contributed by atoms with Gasteiger partial charge in [0.1, 0.15) is 17.1 Å². The molecule has 1 N–H and O–H groups in total. The van der Waals surface area contributed by atoms with Gasteiger partial charge in [0.05, 0.1) is 19.5 Å². The zero-order valence-electron chi connectivity index (χ0n) is 26.6. The van der Waals surface area contributed by atoms with Crippen LogP contribution >= 0.6 is 0 Å². The number of benzene rings is 1. The summed E-state index contributed by atoms with van der Waals surface area (Å²) < 4.78 is 12.5. The lowest BCUT2D eigenvalue weighted by Crippen LogP contribution is -2.03. The third-order valence-corrected chi connectivity index (χ3v) is 7.40. The van der Waals surface area contributed by atoms with Crippen molar-refractivity contribution in [3.8, 4) is 35.2 Å². The maximum atomic E-state index is 6.26. The Bertz CT molecular complexity index is 1280. The van der Waals surface area contributed by atoms with E-state index in [2.05, 4.69) is 52.5 Å². The van der Waals surface area contributed by atoms with Crippen LogP contribution in [0.5, 0.6) is 11.5 Å². The zero-order valence-corrected chi connectivity index (χ0v) is 26.6. The number of pyridine rings is 1. The van der Waals surface area contributed by atoms with Crippen molar-refractivity contribution in [3.63, 3.8) is 0 Å². The molecule has 5 heteroatoms. The fourth-order valence-corrected chi connectivity index (χ4v) is 4.83.